The fraction of sp³-hybridized carbons (Fsp3) is 0.857. The lowest BCUT2D eigenvalue weighted by atomic mass is 10.1. The molecule has 0 radical (unpaired) electrons. The van der Waals surface area contributed by atoms with Crippen LogP contribution in [0, 0.1) is 5.92 Å². The first-order chi connectivity index (χ1) is 10.2. The van der Waals surface area contributed by atoms with E-state index in [1.807, 2.05) is 4.90 Å². The molecular weight excluding hydrogens is 274 g/mol. The van der Waals surface area contributed by atoms with Crippen LogP contribution in [0.4, 0.5) is 0 Å². The number of likely N-dealkylation sites (tertiary alicyclic amines) is 1. The average Bonchev–Trinajstić information content (AvgIpc) is 2.86. The summed E-state index contributed by atoms with van der Waals surface area (Å²) in [7, 11) is 1.61. The lowest BCUT2D eigenvalue weighted by Crippen LogP contribution is -2.51. The van der Waals surface area contributed by atoms with Gasteiger partial charge in [-0.05, 0) is 0 Å². The van der Waals surface area contributed by atoms with Crippen LogP contribution < -0.4 is 0 Å². The predicted molar refractivity (Wildman–Crippen MR) is 76.7 cm³/mol. The van der Waals surface area contributed by atoms with Crippen molar-refractivity contribution < 1.29 is 19.4 Å². The molecule has 21 heavy (non-hydrogen) atoms. The van der Waals surface area contributed by atoms with E-state index >= 15 is 0 Å². The van der Waals surface area contributed by atoms with Crippen LogP contribution in [0.3, 0.4) is 0 Å². The highest BCUT2D eigenvalue weighted by Crippen LogP contribution is 2.20. The zero-order valence-corrected chi connectivity index (χ0v) is 12.7. The van der Waals surface area contributed by atoms with Gasteiger partial charge in [-0.1, -0.05) is 0 Å². The van der Waals surface area contributed by atoms with Gasteiger partial charge in [0.05, 0.1) is 19.1 Å². The van der Waals surface area contributed by atoms with Gasteiger partial charge in [0.25, 0.3) is 0 Å². The number of hydrogen-bond donors (Lipinski definition) is 1. The third-order valence-corrected chi connectivity index (χ3v) is 4.23. The Labute approximate surface area is 125 Å². The number of methoxy groups -OCH3 is 1. The first-order valence-electron chi connectivity index (χ1n) is 7.54. The molecule has 1 N–H and O–H groups in total. The van der Waals surface area contributed by atoms with Crippen LogP contribution in [-0.4, -0.2) is 97.8 Å². The van der Waals surface area contributed by atoms with E-state index in [1.165, 1.54) is 0 Å². The molecule has 0 aromatic heterocycles. The molecule has 2 rings (SSSR count). The van der Waals surface area contributed by atoms with Crippen LogP contribution in [0.1, 0.15) is 6.42 Å². The number of aliphatic hydroxyl groups is 1. The number of carbonyl (C=O) groups excluding carboxylic acids is 2. The first-order valence-corrected chi connectivity index (χ1v) is 7.54. The number of ether oxygens (including phenoxy) is 1. The van der Waals surface area contributed by atoms with Gasteiger partial charge < -0.3 is 19.6 Å². The Balaban J connectivity index is 1.80. The molecular formula is C14H25N3O4. The third-order valence-electron chi connectivity index (χ3n) is 4.23. The highest BCUT2D eigenvalue weighted by Gasteiger charge is 2.36. The third kappa shape index (κ3) is 4.15. The van der Waals surface area contributed by atoms with Crippen LogP contribution in [0.5, 0.6) is 0 Å². The van der Waals surface area contributed by atoms with E-state index in [4.69, 9.17) is 9.84 Å². The van der Waals surface area contributed by atoms with Gasteiger partial charge in [-0.25, -0.2) is 0 Å². The summed E-state index contributed by atoms with van der Waals surface area (Å²) >= 11 is 0. The van der Waals surface area contributed by atoms with Gasteiger partial charge in [-0.2, -0.15) is 0 Å². The van der Waals surface area contributed by atoms with E-state index < -0.39 is 0 Å². The quantitative estimate of drug-likeness (QED) is 0.654. The Morgan fingerprint density at radius 2 is 2.00 bits per heavy atom. The molecule has 120 valence electrons. The summed E-state index contributed by atoms with van der Waals surface area (Å²) in [5, 5.41) is 8.92. The van der Waals surface area contributed by atoms with Gasteiger partial charge in [0, 0.05) is 59.3 Å². The highest BCUT2D eigenvalue weighted by atomic mass is 16.5. The van der Waals surface area contributed by atoms with Gasteiger partial charge in [0.15, 0.2) is 0 Å². The number of β-amino-alcohol motifs (C(OH)–C–C–N with tert-alkyl or cyclic N) is 1. The largest absolute Gasteiger partial charge is 0.395 e. The lowest BCUT2D eigenvalue weighted by molar-refractivity contribution is -0.137. The second kappa shape index (κ2) is 7.72. The summed E-state index contributed by atoms with van der Waals surface area (Å²) < 4.78 is 4.98. The van der Waals surface area contributed by atoms with Crippen LogP contribution in [0.15, 0.2) is 0 Å². The lowest BCUT2D eigenvalue weighted by Gasteiger charge is -2.35. The Morgan fingerprint density at radius 3 is 2.62 bits per heavy atom. The molecule has 2 heterocycles. The summed E-state index contributed by atoms with van der Waals surface area (Å²) in [6.45, 7) is 5.34. The molecule has 2 aliphatic rings. The van der Waals surface area contributed by atoms with E-state index in [1.54, 1.807) is 12.0 Å². The fourth-order valence-corrected chi connectivity index (χ4v) is 2.95. The van der Waals surface area contributed by atoms with Crippen LogP contribution in [0.25, 0.3) is 0 Å². The van der Waals surface area contributed by atoms with E-state index in [0.717, 1.165) is 13.1 Å². The SMILES string of the molecule is COCCN1CC(C(=O)N2CCN(CCO)CC2)CC1=O. The van der Waals surface area contributed by atoms with Crippen LogP contribution >= 0.6 is 0 Å². The molecule has 2 saturated heterocycles. The van der Waals surface area contributed by atoms with Crippen molar-refractivity contribution in [1.29, 1.82) is 0 Å². The first kappa shape index (κ1) is 16.2. The molecule has 0 spiro atoms. The second-order valence-corrected chi connectivity index (χ2v) is 5.62. The van der Waals surface area contributed by atoms with Gasteiger partial charge in [0.1, 0.15) is 0 Å². The van der Waals surface area contributed by atoms with Crippen molar-refractivity contribution in [3.63, 3.8) is 0 Å². The van der Waals surface area contributed by atoms with E-state index in [0.29, 0.717) is 45.8 Å². The smallest absolute Gasteiger partial charge is 0.228 e. The minimum absolute atomic E-state index is 0.0457. The molecule has 2 aliphatic heterocycles. The zero-order chi connectivity index (χ0) is 15.2. The number of rotatable bonds is 6. The van der Waals surface area contributed by atoms with Gasteiger partial charge in [-0.15, -0.1) is 0 Å². The fourth-order valence-electron chi connectivity index (χ4n) is 2.95. The number of aliphatic hydroxyl groups excluding tert-OH is 1. The van der Waals surface area contributed by atoms with Gasteiger partial charge in [0.2, 0.25) is 11.8 Å². The molecule has 0 bridgehead atoms. The summed E-state index contributed by atoms with van der Waals surface area (Å²) in [5.41, 5.74) is 0. The van der Waals surface area contributed by atoms with Crippen molar-refractivity contribution >= 4 is 11.8 Å². The molecule has 0 aromatic carbocycles. The molecule has 1 unspecified atom stereocenters. The van der Waals surface area contributed by atoms with E-state index in [9.17, 15) is 9.59 Å². The van der Waals surface area contributed by atoms with Crippen LogP contribution in [0.2, 0.25) is 0 Å². The zero-order valence-electron chi connectivity index (χ0n) is 12.7. The normalized spacial score (nSPS) is 23.9. The number of nitrogens with zero attached hydrogens (tertiary/aromatic N) is 3. The van der Waals surface area contributed by atoms with Crippen molar-refractivity contribution in [1.82, 2.24) is 14.7 Å². The topological polar surface area (TPSA) is 73.3 Å². The van der Waals surface area contributed by atoms with E-state index in [2.05, 4.69) is 4.90 Å². The minimum atomic E-state index is -0.209. The van der Waals surface area contributed by atoms with E-state index in [-0.39, 0.29) is 24.3 Å². The second-order valence-electron chi connectivity index (χ2n) is 5.62. The molecule has 2 amide bonds. The summed E-state index contributed by atoms with van der Waals surface area (Å²) in [6, 6.07) is 0. The molecule has 7 heteroatoms. The van der Waals surface area contributed by atoms with Gasteiger partial charge in [-0.3, -0.25) is 14.5 Å². The molecule has 1 atom stereocenters. The number of amides is 2. The maximum atomic E-state index is 12.5. The average molecular weight is 299 g/mol. The number of hydrogen-bond acceptors (Lipinski definition) is 5. The highest BCUT2D eigenvalue weighted by molar-refractivity contribution is 5.89. The molecule has 0 saturated carbocycles. The minimum Gasteiger partial charge on any atom is -0.395 e. The monoisotopic (exact) mass is 299 g/mol. The summed E-state index contributed by atoms with van der Waals surface area (Å²) in [6.07, 6.45) is 0.319. The Morgan fingerprint density at radius 1 is 1.29 bits per heavy atom. The standard InChI is InChI=1S/C14H25N3O4/c1-21-9-7-17-11-12(10-13(17)19)14(20)16-4-2-15(3-5-16)6-8-18/h12,18H,2-11H2,1H3. The maximum absolute atomic E-state index is 12.5. The maximum Gasteiger partial charge on any atom is 0.228 e. The number of carbonyl (C=O) groups is 2. The van der Waals surface area contributed by atoms with Crippen molar-refractivity contribution in [3.8, 4) is 0 Å². The molecule has 0 aromatic rings. The van der Waals surface area contributed by atoms with Crippen molar-refractivity contribution in [3.05, 3.63) is 0 Å². The molecule has 2 fully saturated rings. The Bertz CT molecular complexity index is 369. The van der Waals surface area contributed by atoms with Crippen LogP contribution in [-0.2, 0) is 14.3 Å². The number of piperazine rings is 1. The summed E-state index contributed by atoms with van der Waals surface area (Å²) in [4.78, 5) is 30.1. The van der Waals surface area contributed by atoms with Gasteiger partial charge >= 0.3 is 0 Å². The molecule has 0 aliphatic carbocycles. The van der Waals surface area contributed by atoms with Crippen molar-refractivity contribution in [2.45, 2.75) is 6.42 Å². The summed E-state index contributed by atoms with van der Waals surface area (Å²) in [5.74, 6) is -0.0741. The van der Waals surface area contributed by atoms with Crippen molar-refractivity contribution in [2.24, 2.45) is 5.92 Å². The predicted octanol–water partition coefficient (Wildman–Crippen LogP) is -1.38. The Kier molecular flexibility index (Phi) is 5.96. The Hall–Kier alpha value is -1.18. The van der Waals surface area contributed by atoms with Crippen molar-refractivity contribution in [2.75, 3.05) is 66.1 Å². The molecule has 7 nitrogen and oxygen atoms in total.